The zero-order chi connectivity index (χ0) is 12.7. The van der Waals surface area contributed by atoms with Crippen LogP contribution in [0.2, 0.25) is 0 Å². The van der Waals surface area contributed by atoms with E-state index in [0.717, 1.165) is 6.42 Å². The fourth-order valence-electron chi connectivity index (χ4n) is 3.00. The second-order valence-electron chi connectivity index (χ2n) is 5.25. The van der Waals surface area contributed by atoms with Gasteiger partial charge in [0.25, 0.3) is 0 Å². The van der Waals surface area contributed by atoms with Gasteiger partial charge in [-0.2, -0.15) is 5.10 Å². The lowest BCUT2D eigenvalue weighted by atomic mass is 9.99. The number of fused-ring (bicyclic) bond motifs is 2. The van der Waals surface area contributed by atoms with Gasteiger partial charge in [0.05, 0.1) is 11.4 Å². The van der Waals surface area contributed by atoms with Gasteiger partial charge in [0.2, 0.25) is 0 Å². The zero-order valence-electron chi connectivity index (χ0n) is 10.8. The molecule has 0 saturated carbocycles. The van der Waals surface area contributed by atoms with Crippen LogP contribution in [-0.2, 0) is 12.8 Å². The smallest absolute Gasteiger partial charge is 0.0724 e. The number of benzene rings is 2. The summed E-state index contributed by atoms with van der Waals surface area (Å²) in [7, 11) is 0. The van der Waals surface area contributed by atoms with Crippen molar-refractivity contribution in [2.75, 3.05) is 0 Å². The zero-order valence-corrected chi connectivity index (χ0v) is 10.8. The number of hydrogen-bond acceptors (Lipinski definition) is 1. The average molecular weight is 248 g/mol. The lowest BCUT2D eigenvalue weighted by Crippen LogP contribution is -2.00. The maximum atomic E-state index is 4.79. The van der Waals surface area contributed by atoms with Gasteiger partial charge in [0, 0.05) is 11.6 Å². The summed E-state index contributed by atoms with van der Waals surface area (Å²) >= 11 is 0. The molecule has 1 aliphatic rings. The summed E-state index contributed by atoms with van der Waals surface area (Å²) in [5.41, 5.74) is 3.91. The van der Waals surface area contributed by atoms with E-state index in [1.807, 2.05) is 0 Å². The van der Waals surface area contributed by atoms with Crippen molar-refractivity contribution < 1.29 is 0 Å². The van der Waals surface area contributed by atoms with Crippen LogP contribution in [-0.4, -0.2) is 9.78 Å². The highest BCUT2D eigenvalue weighted by Crippen LogP contribution is 2.25. The Morgan fingerprint density at radius 1 is 0.895 bits per heavy atom. The minimum atomic E-state index is 1.13. The van der Waals surface area contributed by atoms with Gasteiger partial charge in [0.15, 0.2) is 0 Å². The van der Waals surface area contributed by atoms with E-state index in [2.05, 4.69) is 53.3 Å². The van der Waals surface area contributed by atoms with Crippen molar-refractivity contribution >= 4 is 10.8 Å². The molecule has 0 fully saturated rings. The van der Waals surface area contributed by atoms with Crippen molar-refractivity contribution in [3.05, 3.63) is 59.9 Å². The van der Waals surface area contributed by atoms with E-state index in [-0.39, 0.29) is 0 Å². The first-order valence-electron chi connectivity index (χ1n) is 6.97. The Balaban J connectivity index is 1.92. The monoisotopic (exact) mass is 248 g/mol. The minimum absolute atomic E-state index is 1.13. The third-order valence-corrected chi connectivity index (χ3v) is 4.00. The summed E-state index contributed by atoms with van der Waals surface area (Å²) in [4.78, 5) is 0. The molecular formula is C17H16N2. The van der Waals surface area contributed by atoms with E-state index < -0.39 is 0 Å². The second kappa shape index (κ2) is 4.23. The molecule has 0 amide bonds. The quantitative estimate of drug-likeness (QED) is 0.638. The highest BCUT2D eigenvalue weighted by molar-refractivity contribution is 5.89. The third-order valence-electron chi connectivity index (χ3n) is 4.00. The normalized spacial score (nSPS) is 14.5. The van der Waals surface area contributed by atoms with Crippen LogP contribution in [0, 0.1) is 0 Å². The van der Waals surface area contributed by atoms with E-state index >= 15 is 0 Å². The first-order valence-corrected chi connectivity index (χ1v) is 6.97. The summed E-state index contributed by atoms with van der Waals surface area (Å²) in [6.45, 7) is 0. The number of nitrogens with zero attached hydrogens (tertiary/aromatic N) is 2. The molecule has 4 rings (SSSR count). The first-order chi connectivity index (χ1) is 9.42. The molecule has 0 spiro atoms. The molecule has 1 aliphatic carbocycles. The molecule has 1 aromatic heterocycles. The summed E-state index contributed by atoms with van der Waals surface area (Å²) < 4.78 is 2.07. The molecule has 1 heterocycles. The molecule has 0 unspecified atom stereocenters. The maximum absolute atomic E-state index is 4.79. The molecule has 2 nitrogen and oxygen atoms in total. The van der Waals surface area contributed by atoms with E-state index in [4.69, 9.17) is 5.10 Å². The second-order valence-corrected chi connectivity index (χ2v) is 5.25. The van der Waals surface area contributed by atoms with Crippen molar-refractivity contribution in [1.29, 1.82) is 0 Å². The Hall–Kier alpha value is -2.09. The van der Waals surface area contributed by atoms with Crippen molar-refractivity contribution in [1.82, 2.24) is 9.78 Å². The molecule has 2 aromatic carbocycles. The van der Waals surface area contributed by atoms with Gasteiger partial charge in [0.1, 0.15) is 0 Å². The molecule has 0 atom stereocenters. The molecule has 94 valence electrons. The van der Waals surface area contributed by atoms with Gasteiger partial charge in [-0.3, -0.25) is 0 Å². The Morgan fingerprint density at radius 3 is 2.68 bits per heavy atom. The van der Waals surface area contributed by atoms with Crippen LogP contribution in [0.15, 0.2) is 48.7 Å². The summed E-state index contributed by atoms with van der Waals surface area (Å²) in [5.74, 6) is 0. The number of hydrogen-bond donors (Lipinski definition) is 0. The van der Waals surface area contributed by atoms with Crippen molar-refractivity contribution in [3.63, 3.8) is 0 Å². The molecule has 0 radical (unpaired) electrons. The Morgan fingerprint density at radius 2 is 1.74 bits per heavy atom. The van der Waals surface area contributed by atoms with Crippen molar-refractivity contribution in [2.45, 2.75) is 25.7 Å². The molecule has 19 heavy (non-hydrogen) atoms. The van der Waals surface area contributed by atoms with Crippen LogP contribution in [0.3, 0.4) is 0 Å². The molecule has 0 bridgehead atoms. The fourth-order valence-corrected chi connectivity index (χ4v) is 3.00. The predicted molar refractivity (Wildman–Crippen MR) is 77.7 cm³/mol. The van der Waals surface area contributed by atoms with E-state index in [1.54, 1.807) is 0 Å². The van der Waals surface area contributed by atoms with Crippen LogP contribution >= 0.6 is 0 Å². The average Bonchev–Trinajstić information content (AvgIpc) is 2.90. The summed E-state index contributed by atoms with van der Waals surface area (Å²) in [6, 6.07) is 14.9. The van der Waals surface area contributed by atoms with Gasteiger partial charge in [-0.1, -0.05) is 36.4 Å². The highest BCUT2D eigenvalue weighted by Gasteiger charge is 2.14. The van der Waals surface area contributed by atoms with E-state index in [9.17, 15) is 0 Å². The summed E-state index contributed by atoms with van der Waals surface area (Å²) in [6.07, 6.45) is 7.11. The Bertz CT molecular complexity index is 711. The standard InChI is InChI=1S/C17H16N2/c1-3-9-15-13(6-1)8-5-11-17(15)19-12-14-7-2-4-10-16(14)18-19/h1,3,5-6,8-9,11-12H,2,4,7,10H2. The van der Waals surface area contributed by atoms with Crippen molar-refractivity contribution in [2.24, 2.45) is 0 Å². The number of aromatic nitrogens is 2. The maximum Gasteiger partial charge on any atom is 0.0724 e. The van der Waals surface area contributed by atoms with Crippen LogP contribution < -0.4 is 0 Å². The topological polar surface area (TPSA) is 17.8 Å². The van der Waals surface area contributed by atoms with Crippen LogP contribution in [0.25, 0.3) is 16.5 Å². The molecule has 3 aromatic rings. The number of aryl methyl sites for hydroxylation is 2. The van der Waals surface area contributed by atoms with Crippen LogP contribution in [0.4, 0.5) is 0 Å². The third kappa shape index (κ3) is 1.75. The van der Waals surface area contributed by atoms with Gasteiger partial charge in [-0.05, 0) is 42.7 Å². The highest BCUT2D eigenvalue weighted by atomic mass is 15.3. The Labute approximate surface area is 112 Å². The molecule has 0 saturated heterocycles. The SMILES string of the molecule is c1ccc2c(-n3cc4c(n3)CCCC4)cccc2c1. The van der Waals surface area contributed by atoms with Crippen LogP contribution in [0.5, 0.6) is 0 Å². The lowest BCUT2D eigenvalue weighted by molar-refractivity contribution is 0.671. The predicted octanol–water partition coefficient (Wildman–Crippen LogP) is 3.90. The molecule has 0 N–H and O–H groups in total. The van der Waals surface area contributed by atoms with Crippen LogP contribution in [0.1, 0.15) is 24.1 Å². The largest absolute Gasteiger partial charge is 0.240 e. The minimum Gasteiger partial charge on any atom is -0.240 e. The van der Waals surface area contributed by atoms with Gasteiger partial charge in [-0.15, -0.1) is 0 Å². The Kier molecular flexibility index (Phi) is 2.41. The van der Waals surface area contributed by atoms with Gasteiger partial charge < -0.3 is 0 Å². The lowest BCUT2D eigenvalue weighted by Gasteiger charge is -2.07. The van der Waals surface area contributed by atoms with Crippen molar-refractivity contribution in [3.8, 4) is 5.69 Å². The molecule has 0 aliphatic heterocycles. The molecular weight excluding hydrogens is 232 g/mol. The first kappa shape index (κ1) is 10.8. The number of rotatable bonds is 1. The van der Waals surface area contributed by atoms with E-state index in [1.165, 1.54) is 47.0 Å². The van der Waals surface area contributed by atoms with E-state index in [0.29, 0.717) is 0 Å². The van der Waals surface area contributed by atoms with Gasteiger partial charge in [-0.25, -0.2) is 4.68 Å². The summed E-state index contributed by atoms with van der Waals surface area (Å²) in [5, 5.41) is 7.33. The van der Waals surface area contributed by atoms with Gasteiger partial charge >= 0.3 is 0 Å². The fraction of sp³-hybridized carbons (Fsp3) is 0.235. The molecule has 2 heteroatoms.